The zero-order valence-electron chi connectivity index (χ0n) is 6.06. The lowest BCUT2D eigenvalue weighted by molar-refractivity contribution is -0.109. The Labute approximate surface area is 78.8 Å². The van der Waals surface area contributed by atoms with Crippen molar-refractivity contribution in [3.8, 4) is 0 Å². The molecule has 0 aliphatic rings. The third-order valence-corrected chi connectivity index (χ3v) is 2.21. The van der Waals surface area contributed by atoms with Crippen molar-refractivity contribution < 1.29 is 4.79 Å². The van der Waals surface area contributed by atoms with Crippen LogP contribution in [0.5, 0.6) is 0 Å². The SMILES string of the molecule is Nc1nc(C(C=S)NC=O)cs1. The molecule has 1 aromatic rings. The summed E-state index contributed by atoms with van der Waals surface area (Å²) < 4.78 is 0. The van der Waals surface area contributed by atoms with E-state index in [1.54, 1.807) is 5.38 Å². The third-order valence-electron chi connectivity index (χ3n) is 1.24. The number of rotatable bonds is 4. The first-order valence-corrected chi connectivity index (χ1v) is 4.49. The van der Waals surface area contributed by atoms with E-state index in [-0.39, 0.29) is 6.04 Å². The number of nitrogens with two attached hydrogens (primary N) is 1. The van der Waals surface area contributed by atoms with Crippen molar-refractivity contribution in [1.82, 2.24) is 10.3 Å². The molecule has 64 valence electrons. The number of nitrogens with zero attached hydrogens (tertiary/aromatic N) is 1. The van der Waals surface area contributed by atoms with Crippen molar-refractivity contribution >= 4 is 40.5 Å². The van der Waals surface area contributed by atoms with Gasteiger partial charge in [0.05, 0.1) is 5.69 Å². The lowest BCUT2D eigenvalue weighted by atomic mass is 10.3. The Morgan fingerprint density at radius 3 is 3.00 bits per heavy atom. The van der Waals surface area contributed by atoms with Gasteiger partial charge < -0.3 is 11.1 Å². The van der Waals surface area contributed by atoms with E-state index in [1.165, 1.54) is 16.7 Å². The second-order valence-corrected chi connectivity index (χ2v) is 3.17. The number of carbonyl (C=O) groups excluding carboxylic acids is 1. The van der Waals surface area contributed by atoms with E-state index in [2.05, 4.69) is 10.3 Å². The number of hydrogen-bond donors (Lipinski definition) is 2. The van der Waals surface area contributed by atoms with Gasteiger partial charge in [0.2, 0.25) is 6.41 Å². The van der Waals surface area contributed by atoms with Crippen LogP contribution < -0.4 is 11.1 Å². The number of anilines is 1. The Balaban J connectivity index is 2.78. The van der Waals surface area contributed by atoms with Crippen LogP contribution in [0.15, 0.2) is 5.38 Å². The summed E-state index contributed by atoms with van der Waals surface area (Å²) in [5.41, 5.74) is 6.09. The predicted octanol–water partition coefficient (Wildman–Crippen LogP) is 0.512. The van der Waals surface area contributed by atoms with Gasteiger partial charge in [-0.3, -0.25) is 4.79 Å². The Morgan fingerprint density at radius 1 is 1.83 bits per heavy atom. The molecule has 3 N–H and O–H groups in total. The fourth-order valence-electron chi connectivity index (χ4n) is 0.711. The Morgan fingerprint density at radius 2 is 2.58 bits per heavy atom. The van der Waals surface area contributed by atoms with Gasteiger partial charge in [0.25, 0.3) is 0 Å². The molecule has 0 aromatic carbocycles. The Hall–Kier alpha value is -1.01. The molecule has 6 heteroatoms. The van der Waals surface area contributed by atoms with E-state index in [0.29, 0.717) is 17.2 Å². The molecule has 1 heterocycles. The van der Waals surface area contributed by atoms with Crippen LogP contribution in [-0.4, -0.2) is 16.8 Å². The van der Waals surface area contributed by atoms with Gasteiger partial charge in [0.1, 0.15) is 6.04 Å². The molecule has 0 spiro atoms. The highest BCUT2D eigenvalue weighted by Crippen LogP contribution is 2.16. The first kappa shape index (κ1) is 9.08. The average Bonchev–Trinajstić information content (AvgIpc) is 2.47. The van der Waals surface area contributed by atoms with E-state index in [4.69, 9.17) is 18.0 Å². The molecule has 0 aliphatic carbocycles. The molecule has 0 saturated carbocycles. The fourth-order valence-corrected chi connectivity index (χ4v) is 1.53. The molecule has 0 radical (unpaired) electrons. The molecular weight excluding hydrogens is 194 g/mol. The lowest BCUT2D eigenvalue weighted by Gasteiger charge is -2.05. The first-order valence-electron chi connectivity index (χ1n) is 3.14. The maximum atomic E-state index is 10.1. The quantitative estimate of drug-likeness (QED) is 0.550. The summed E-state index contributed by atoms with van der Waals surface area (Å²) in [5, 5.41) is 6.18. The number of nitrogens with one attached hydrogen (secondary N) is 1. The van der Waals surface area contributed by atoms with Crippen molar-refractivity contribution in [3.05, 3.63) is 11.1 Å². The number of amides is 1. The van der Waals surface area contributed by atoms with Gasteiger partial charge in [0, 0.05) is 10.7 Å². The van der Waals surface area contributed by atoms with Crippen LogP contribution in [0.1, 0.15) is 11.7 Å². The summed E-state index contributed by atoms with van der Waals surface area (Å²) >= 11 is 6.03. The molecule has 4 nitrogen and oxygen atoms in total. The highest BCUT2D eigenvalue weighted by atomic mass is 32.1. The van der Waals surface area contributed by atoms with Crippen molar-refractivity contribution in [3.63, 3.8) is 0 Å². The molecule has 1 atom stereocenters. The minimum Gasteiger partial charge on any atom is -0.375 e. The minimum absolute atomic E-state index is 0.314. The zero-order valence-corrected chi connectivity index (χ0v) is 7.69. The maximum Gasteiger partial charge on any atom is 0.207 e. The van der Waals surface area contributed by atoms with Crippen LogP contribution in [-0.2, 0) is 4.79 Å². The monoisotopic (exact) mass is 201 g/mol. The molecule has 1 unspecified atom stereocenters. The molecule has 0 fully saturated rings. The molecule has 0 bridgehead atoms. The molecule has 1 rings (SSSR count). The molecule has 0 aliphatic heterocycles. The van der Waals surface area contributed by atoms with Crippen LogP contribution >= 0.6 is 23.6 Å². The minimum atomic E-state index is -0.314. The summed E-state index contributed by atoms with van der Waals surface area (Å²) in [7, 11) is 0. The number of thiocarbonyl (C=S) groups is 1. The summed E-state index contributed by atoms with van der Waals surface area (Å²) in [6.07, 6.45) is 0.586. The Bertz CT molecular complexity index is 286. The van der Waals surface area contributed by atoms with Gasteiger partial charge in [0.15, 0.2) is 5.13 Å². The van der Waals surface area contributed by atoms with E-state index >= 15 is 0 Å². The van der Waals surface area contributed by atoms with E-state index < -0.39 is 0 Å². The Kier molecular flexibility index (Phi) is 3.12. The van der Waals surface area contributed by atoms with Gasteiger partial charge in [-0.05, 0) is 0 Å². The van der Waals surface area contributed by atoms with Crippen LogP contribution in [0.3, 0.4) is 0 Å². The van der Waals surface area contributed by atoms with E-state index in [0.717, 1.165) is 0 Å². The maximum absolute atomic E-state index is 10.1. The molecule has 0 saturated heterocycles. The highest BCUT2D eigenvalue weighted by Gasteiger charge is 2.09. The first-order chi connectivity index (χ1) is 5.77. The topological polar surface area (TPSA) is 68.0 Å². The standard InChI is InChI=1S/C6H7N3OS2/c7-6-9-5(2-12-6)4(1-11)8-3-10/h1-4H,(H2,7,9)(H,8,10). The average molecular weight is 201 g/mol. The number of nitrogen functional groups attached to an aromatic ring is 1. The second kappa shape index (κ2) is 4.13. The predicted molar refractivity (Wildman–Crippen MR) is 52.1 cm³/mol. The number of thiazole rings is 1. The van der Waals surface area contributed by atoms with E-state index in [1.807, 2.05) is 0 Å². The van der Waals surface area contributed by atoms with Gasteiger partial charge in [-0.25, -0.2) is 4.98 Å². The smallest absolute Gasteiger partial charge is 0.207 e. The third kappa shape index (κ3) is 1.99. The number of carbonyl (C=O) groups is 1. The van der Waals surface area contributed by atoms with Gasteiger partial charge >= 0.3 is 0 Å². The van der Waals surface area contributed by atoms with Gasteiger partial charge in [-0.15, -0.1) is 11.3 Å². The van der Waals surface area contributed by atoms with Gasteiger partial charge in [-0.2, -0.15) is 0 Å². The molecule has 1 aromatic heterocycles. The van der Waals surface area contributed by atoms with Crippen LogP contribution in [0.4, 0.5) is 5.13 Å². The second-order valence-electron chi connectivity index (χ2n) is 2.01. The molecular formula is C6H7N3OS2. The van der Waals surface area contributed by atoms with Crippen molar-refractivity contribution in [2.75, 3.05) is 5.73 Å². The highest BCUT2D eigenvalue weighted by molar-refractivity contribution is 7.79. The lowest BCUT2D eigenvalue weighted by Crippen LogP contribution is -2.20. The molecule has 1 amide bonds. The van der Waals surface area contributed by atoms with Crippen LogP contribution in [0.2, 0.25) is 0 Å². The van der Waals surface area contributed by atoms with Crippen LogP contribution in [0.25, 0.3) is 0 Å². The van der Waals surface area contributed by atoms with Crippen molar-refractivity contribution in [2.24, 2.45) is 0 Å². The molecule has 12 heavy (non-hydrogen) atoms. The largest absolute Gasteiger partial charge is 0.375 e. The van der Waals surface area contributed by atoms with Crippen molar-refractivity contribution in [2.45, 2.75) is 6.04 Å². The van der Waals surface area contributed by atoms with Gasteiger partial charge in [-0.1, -0.05) is 12.2 Å². The zero-order chi connectivity index (χ0) is 8.97. The summed E-state index contributed by atoms with van der Waals surface area (Å²) in [6, 6.07) is -0.314. The summed E-state index contributed by atoms with van der Waals surface area (Å²) in [6.45, 7) is 0. The number of hydrogen-bond acceptors (Lipinski definition) is 5. The van der Waals surface area contributed by atoms with Crippen molar-refractivity contribution in [1.29, 1.82) is 0 Å². The van der Waals surface area contributed by atoms with Crippen LogP contribution in [0, 0.1) is 0 Å². The van der Waals surface area contributed by atoms with E-state index in [9.17, 15) is 4.79 Å². The number of aromatic nitrogens is 1. The summed E-state index contributed by atoms with van der Waals surface area (Å²) in [4.78, 5) is 14.1. The normalized spacial score (nSPS) is 12.0. The fraction of sp³-hybridized carbons (Fsp3) is 0.167. The summed E-state index contributed by atoms with van der Waals surface area (Å²) in [5.74, 6) is 0.